The molecule has 0 bridgehead atoms. The van der Waals surface area contributed by atoms with E-state index in [9.17, 15) is 13.2 Å². The summed E-state index contributed by atoms with van der Waals surface area (Å²) in [5.41, 5.74) is -0.648. The molecule has 5 heteroatoms. The highest BCUT2D eigenvalue weighted by molar-refractivity contribution is 6.31. The summed E-state index contributed by atoms with van der Waals surface area (Å²) in [7, 11) is 0. The Morgan fingerprint density at radius 2 is 1.24 bits per heavy atom. The molecule has 2 aromatic rings. The van der Waals surface area contributed by atoms with E-state index in [2.05, 4.69) is 0 Å². The molecule has 2 rings (SSSR count). The van der Waals surface area contributed by atoms with Gasteiger partial charge in [-0.3, -0.25) is 0 Å². The van der Waals surface area contributed by atoms with Crippen LogP contribution in [0.5, 0.6) is 0 Å². The number of benzene rings is 2. The minimum absolute atomic E-state index is 0.0851. The van der Waals surface area contributed by atoms with Crippen molar-refractivity contribution in [1.82, 2.24) is 0 Å². The molecule has 0 aliphatic carbocycles. The van der Waals surface area contributed by atoms with Gasteiger partial charge in [0.25, 0.3) is 0 Å². The highest BCUT2D eigenvalue weighted by atomic mass is 35.5. The second kappa shape index (κ2) is 4.59. The van der Waals surface area contributed by atoms with Gasteiger partial charge in [0.1, 0.15) is 17.5 Å². The molecular weight excluding hydrogens is 272 g/mol. The van der Waals surface area contributed by atoms with Gasteiger partial charge in [0, 0.05) is 15.6 Å². The molecule has 0 N–H and O–H groups in total. The van der Waals surface area contributed by atoms with Crippen molar-refractivity contribution in [1.29, 1.82) is 0 Å². The van der Waals surface area contributed by atoms with Crippen LogP contribution < -0.4 is 0 Å². The molecule has 17 heavy (non-hydrogen) atoms. The summed E-state index contributed by atoms with van der Waals surface area (Å²) in [5.74, 6) is -2.63. The highest BCUT2D eigenvalue weighted by Crippen LogP contribution is 2.31. The highest BCUT2D eigenvalue weighted by Gasteiger charge is 2.16. The van der Waals surface area contributed by atoms with Gasteiger partial charge in [-0.15, -0.1) is 0 Å². The Labute approximate surface area is 106 Å². The van der Waals surface area contributed by atoms with Gasteiger partial charge in [0.05, 0.1) is 5.56 Å². The fraction of sp³-hybridized carbons (Fsp3) is 0. The molecule has 0 nitrogen and oxygen atoms in total. The Morgan fingerprint density at radius 3 is 1.76 bits per heavy atom. The van der Waals surface area contributed by atoms with E-state index < -0.39 is 23.0 Å². The molecular formula is C12H5Cl2F3. The van der Waals surface area contributed by atoms with Gasteiger partial charge in [0.15, 0.2) is 0 Å². The van der Waals surface area contributed by atoms with E-state index in [-0.39, 0.29) is 15.6 Å². The van der Waals surface area contributed by atoms with Crippen LogP contribution in [0.15, 0.2) is 30.3 Å². The van der Waals surface area contributed by atoms with Gasteiger partial charge in [-0.1, -0.05) is 23.2 Å². The average Bonchev–Trinajstić information content (AvgIpc) is 2.19. The Hall–Kier alpha value is -1.19. The topological polar surface area (TPSA) is 0 Å². The zero-order chi connectivity index (χ0) is 12.6. The molecule has 2 aromatic carbocycles. The smallest absolute Gasteiger partial charge is 0.135 e. The Bertz CT molecular complexity index is 559. The lowest BCUT2D eigenvalue weighted by Crippen LogP contribution is -1.93. The summed E-state index contributed by atoms with van der Waals surface area (Å²) in [6, 6.07) is 5.41. The first-order chi connectivity index (χ1) is 7.99. The van der Waals surface area contributed by atoms with Gasteiger partial charge in [0.2, 0.25) is 0 Å². The van der Waals surface area contributed by atoms with Crippen molar-refractivity contribution in [2.45, 2.75) is 0 Å². The van der Waals surface area contributed by atoms with Crippen molar-refractivity contribution in [3.8, 4) is 11.1 Å². The third-order valence-electron chi connectivity index (χ3n) is 2.21. The summed E-state index contributed by atoms with van der Waals surface area (Å²) in [5, 5.41) is 0.0687. The van der Waals surface area contributed by atoms with Crippen LogP contribution >= 0.6 is 23.2 Å². The molecule has 0 saturated carbocycles. The normalized spacial score (nSPS) is 10.6. The van der Waals surface area contributed by atoms with Crippen LogP contribution in [0.1, 0.15) is 0 Å². The first kappa shape index (κ1) is 12.3. The maximum absolute atomic E-state index is 13.6. The van der Waals surface area contributed by atoms with Crippen LogP contribution in [0.2, 0.25) is 10.0 Å². The number of halogens is 5. The first-order valence-corrected chi connectivity index (χ1v) is 5.34. The fourth-order valence-corrected chi connectivity index (χ4v) is 1.84. The zero-order valence-electron chi connectivity index (χ0n) is 8.28. The summed E-state index contributed by atoms with van der Waals surface area (Å²) in [4.78, 5) is 0. The van der Waals surface area contributed by atoms with Crippen LogP contribution in [0, 0.1) is 17.5 Å². The molecule has 0 fully saturated rings. The summed E-state index contributed by atoms with van der Waals surface area (Å²) < 4.78 is 40.7. The molecule has 0 aliphatic rings. The molecule has 0 heterocycles. The number of hydrogen-bond acceptors (Lipinski definition) is 0. The van der Waals surface area contributed by atoms with Crippen LogP contribution in [-0.4, -0.2) is 0 Å². The van der Waals surface area contributed by atoms with Crippen LogP contribution in [0.4, 0.5) is 13.2 Å². The van der Waals surface area contributed by atoms with Gasteiger partial charge in [-0.25, -0.2) is 13.2 Å². The minimum Gasteiger partial charge on any atom is -0.206 e. The molecule has 0 aliphatic heterocycles. The van der Waals surface area contributed by atoms with Crippen molar-refractivity contribution in [3.63, 3.8) is 0 Å². The van der Waals surface area contributed by atoms with Crippen LogP contribution in [-0.2, 0) is 0 Å². The molecule has 88 valence electrons. The van der Waals surface area contributed by atoms with E-state index in [0.717, 1.165) is 18.2 Å². The molecule has 0 unspecified atom stereocenters. The van der Waals surface area contributed by atoms with E-state index in [4.69, 9.17) is 23.2 Å². The lowest BCUT2D eigenvalue weighted by atomic mass is 10.0. The Kier molecular flexibility index (Phi) is 3.31. The standard InChI is InChI=1S/C12H5Cl2F3/c13-6-1-2-8(9(15)3-6)12-10(16)4-7(14)5-11(12)17/h1-5H. The Morgan fingerprint density at radius 1 is 0.706 bits per heavy atom. The average molecular weight is 277 g/mol. The minimum atomic E-state index is -0.920. The quantitative estimate of drug-likeness (QED) is 0.682. The van der Waals surface area contributed by atoms with Crippen molar-refractivity contribution in [2.75, 3.05) is 0 Å². The lowest BCUT2D eigenvalue weighted by molar-refractivity contribution is 0.582. The predicted octanol–water partition coefficient (Wildman–Crippen LogP) is 5.08. The SMILES string of the molecule is Fc1cc(Cl)ccc1-c1c(F)cc(Cl)cc1F. The second-order valence-corrected chi connectivity index (χ2v) is 4.24. The molecule has 0 radical (unpaired) electrons. The van der Waals surface area contributed by atoms with E-state index in [1.165, 1.54) is 12.1 Å². The van der Waals surface area contributed by atoms with Crippen LogP contribution in [0.3, 0.4) is 0 Å². The largest absolute Gasteiger partial charge is 0.206 e. The van der Waals surface area contributed by atoms with E-state index >= 15 is 0 Å². The van der Waals surface area contributed by atoms with Gasteiger partial charge in [-0.05, 0) is 30.3 Å². The van der Waals surface area contributed by atoms with E-state index in [1.807, 2.05) is 0 Å². The monoisotopic (exact) mass is 276 g/mol. The molecule has 0 saturated heterocycles. The zero-order valence-corrected chi connectivity index (χ0v) is 9.79. The first-order valence-electron chi connectivity index (χ1n) is 4.59. The van der Waals surface area contributed by atoms with E-state index in [1.54, 1.807) is 0 Å². The second-order valence-electron chi connectivity index (χ2n) is 3.37. The van der Waals surface area contributed by atoms with Crippen LogP contribution in [0.25, 0.3) is 11.1 Å². The molecule has 0 spiro atoms. The van der Waals surface area contributed by atoms with Crippen molar-refractivity contribution in [2.24, 2.45) is 0 Å². The van der Waals surface area contributed by atoms with E-state index in [0.29, 0.717) is 0 Å². The summed E-state index contributed by atoms with van der Waals surface area (Å²) >= 11 is 11.0. The number of hydrogen-bond donors (Lipinski definition) is 0. The van der Waals surface area contributed by atoms with Gasteiger partial charge >= 0.3 is 0 Å². The lowest BCUT2D eigenvalue weighted by Gasteiger charge is -2.07. The number of rotatable bonds is 1. The molecule has 0 amide bonds. The molecule has 0 aromatic heterocycles. The fourth-order valence-electron chi connectivity index (χ4n) is 1.49. The third kappa shape index (κ3) is 2.40. The van der Waals surface area contributed by atoms with Crippen molar-refractivity contribution in [3.05, 3.63) is 57.8 Å². The Balaban J connectivity index is 2.68. The maximum Gasteiger partial charge on any atom is 0.135 e. The van der Waals surface area contributed by atoms with Gasteiger partial charge in [-0.2, -0.15) is 0 Å². The predicted molar refractivity (Wildman–Crippen MR) is 61.8 cm³/mol. The van der Waals surface area contributed by atoms with Crippen molar-refractivity contribution >= 4 is 23.2 Å². The summed E-state index contributed by atoms with van der Waals surface area (Å²) in [6.45, 7) is 0. The maximum atomic E-state index is 13.6. The third-order valence-corrected chi connectivity index (χ3v) is 2.66. The van der Waals surface area contributed by atoms with Gasteiger partial charge < -0.3 is 0 Å². The van der Waals surface area contributed by atoms with Crippen molar-refractivity contribution < 1.29 is 13.2 Å². The summed E-state index contributed by atoms with van der Waals surface area (Å²) in [6.07, 6.45) is 0. The molecule has 0 atom stereocenters.